The molecule has 1 N–H and O–H groups in total. The van der Waals surface area contributed by atoms with E-state index in [1.54, 1.807) is 6.92 Å². The highest BCUT2D eigenvalue weighted by Gasteiger charge is 2.29. The van der Waals surface area contributed by atoms with Crippen molar-refractivity contribution in [2.45, 2.75) is 13.1 Å². The fraction of sp³-hybridized carbons (Fsp3) is 0.333. The second kappa shape index (κ2) is 11.0. The molecule has 1 fully saturated rings. The Morgan fingerprint density at radius 2 is 1.70 bits per heavy atom. The molecule has 0 aromatic heterocycles. The molecule has 3 rings (SSSR count). The smallest absolute Gasteiger partial charge is 0.378 e. The number of carbonyl (C=O) groups excluding carboxylic acids is 2. The van der Waals surface area contributed by atoms with E-state index in [1.807, 2.05) is 24.3 Å². The number of carbonyl (C=O) groups is 2. The highest BCUT2D eigenvalue weighted by Crippen LogP contribution is 2.29. The van der Waals surface area contributed by atoms with E-state index in [-0.39, 0.29) is 12.5 Å². The number of rotatable bonds is 7. The lowest BCUT2D eigenvalue weighted by molar-refractivity contribution is -0.137. The molecule has 1 aliphatic heterocycles. The summed E-state index contributed by atoms with van der Waals surface area (Å²) < 4.78 is 43.3. The third kappa shape index (κ3) is 7.08. The average molecular weight is 461 g/mol. The number of morpholine rings is 1. The number of hydrogen-bond donors (Lipinski definition) is 1. The molecule has 6 nitrogen and oxygen atoms in total. The van der Waals surface area contributed by atoms with E-state index in [0.29, 0.717) is 31.0 Å². The lowest BCUT2D eigenvalue weighted by Gasteiger charge is -2.29. The van der Waals surface area contributed by atoms with Gasteiger partial charge in [-0.1, -0.05) is 12.1 Å². The number of alkyl halides is 3. The van der Waals surface area contributed by atoms with E-state index in [9.17, 15) is 22.8 Å². The Bertz CT molecular complexity index is 967. The SMILES string of the molecule is CCN(CC(=O)Nc1ccc(N2CCOCC2)cc1)C(=O)/C=C/c1ccc(C(F)(F)F)cc1. The number of hydrogen-bond acceptors (Lipinski definition) is 4. The van der Waals surface area contributed by atoms with Gasteiger partial charge in [-0.3, -0.25) is 9.59 Å². The minimum absolute atomic E-state index is 0.141. The Labute approximate surface area is 190 Å². The van der Waals surface area contributed by atoms with Gasteiger partial charge < -0.3 is 19.9 Å². The van der Waals surface area contributed by atoms with E-state index in [4.69, 9.17) is 4.74 Å². The highest BCUT2D eigenvalue weighted by atomic mass is 19.4. The van der Waals surface area contributed by atoms with Crippen LogP contribution in [0.15, 0.2) is 54.6 Å². The van der Waals surface area contributed by atoms with Gasteiger partial charge in [0.15, 0.2) is 0 Å². The van der Waals surface area contributed by atoms with Gasteiger partial charge in [-0.2, -0.15) is 13.2 Å². The first kappa shape index (κ1) is 24.3. The number of likely N-dealkylation sites (N-methyl/N-ethyl adjacent to an activating group) is 1. The summed E-state index contributed by atoms with van der Waals surface area (Å²) in [6.45, 7) is 4.92. The predicted molar refractivity (Wildman–Crippen MR) is 121 cm³/mol. The van der Waals surface area contributed by atoms with Crippen LogP contribution in [-0.2, 0) is 20.5 Å². The zero-order valence-electron chi connectivity index (χ0n) is 18.3. The summed E-state index contributed by atoms with van der Waals surface area (Å²) in [6, 6.07) is 12.0. The molecule has 2 aromatic rings. The first-order valence-corrected chi connectivity index (χ1v) is 10.6. The number of anilines is 2. The van der Waals surface area contributed by atoms with Crippen LogP contribution in [-0.4, -0.2) is 56.1 Å². The molecular weight excluding hydrogens is 435 g/mol. The molecule has 176 valence electrons. The van der Waals surface area contributed by atoms with Crippen molar-refractivity contribution >= 4 is 29.3 Å². The zero-order valence-corrected chi connectivity index (χ0v) is 18.3. The van der Waals surface area contributed by atoms with Crippen LogP contribution in [0.3, 0.4) is 0 Å². The standard InChI is InChI=1S/C24H26F3N3O3/c1-2-29(23(32)12-5-18-3-6-19(7-4-18)24(25,26)27)17-22(31)28-20-8-10-21(11-9-20)30-13-15-33-16-14-30/h3-12H,2,13-17H2,1H3,(H,28,31)/b12-5+. The molecule has 0 spiro atoms. The molecule has 9 heteroatoms. The topological polar surface area (TPSA) is 61.9 Å². The van der Waals surface area contributed by atoms with Gasteiger partial charge in [0.05, 0.1) is 18.8 Å². The molecule has 1 heterocycles. The molecule has 0 saturated carbocycles. The predicted octanol–water partition coefficient (Wildman–Crippen LogP) is 4.04. The maximum absolute atomic E-state index is 12.6. The molecule has 2 aromatic carbocycles. The zero-order chi connectivity index (χ0) is 23.8. The second-order valence-corrected chi connectivity index (χ2v) is 7.50. The van der Waals surface area contributed by atoms with Crippen LogP contribution in [0, 0.1) is 0 Å². The van der Waals surface area contributed by atoms with Gasteiger partial charge in [0.2, 0.25) is 11.8 Å². The molecule has 0 aliphatic carbocycles. The lowest BCUT2D eigenvalue weighted by Crippen LogP contribution is -2.37. The van der Waals surface area contributed by atoms with Crippen LogP contribution in [0.4, 0.5) is 24.5 Å². The van der Waals surface area contributed by atoms with Crippen molar-refractivity contribution < 1.29 is 27.5 Å². The van der Waals surface area contributed by atoms with Crippen molar-refractivity contribution in [1.29, 1.82) is 0 Å². The summed E-state index contributed by atoms with van der Waals surface area (Å²) in [6.07, 6.45) is -1.74. The van der Waals surface area contributed by atoms with Gasteiger partial charge in [0, 0.05) is 37.1 Å². The lowest BCUT2D eigenvalue weighted by atomic mass is 10.1. The first-order valence-electron chi connectivity index (χ1n) is 10.6. The molecule has 1 aliphatic rings. The Kier molecular flexibility index (Phi) is 8.11. The Balaban J connectivity index is 1.53. The second-order valence-electron chi connectivity index (χ2n) is 7.50. The third-order valence-corrected chi connectivity index (χ3v) is 5.21. The summed E-state index contributed by atoms with van der Waals surface area (Å²) in [5.74, 6) is -0.748. The van der Waals surface area contributed by atoms with E-state index in [0.717, 1.165) is 30.9 Å². The summed E-state index contributed by atoms with van der Waals surface area (Å²) in [4.78, 5) is 28.4. The monoisotopic (exact) mass is 461 g/mol. The molecule has 0 unspecified atom stereocenters. The minimum Gasteiger partial charge on any atom is -0.378 e. The van der Waals surface area contributed by atoms with Gasteiger partial charge in [0.25, 0.3) is 0 Å². The minimum atomic E-state index is -4.41. The molecule has 0 bridgehead atoms. The highest BCUT2D eigenvalue weighted by molar-refractivity contribution is 5.98. The average Bonchev–Trinajstić information content (AvgIpc) is 2.81. The van der Waals surface area contributed by atoms with Crippen molar-refractivity contribution in [3.63, 3.8) is 0 Å². The van der Waals surface area contributed by atoms with Crippen molar-refractivity contribution in [2.75, 3.05) is 49.6 Å². The Morgan fingerprint density at radius 3 is 2.27 bits per heavy atom. The quantitative estimate of drug-likeness (QED) is 0.633. The van der Waals surface area contributed by atoms with Crippen LogP contribution < -0.4 is 10.2 Å². The Morgan fingerprint density at radius 1 is 1.06 bits per heavy atom. The first-order chi connectivity index (χ1) is 15.8. The molecule has 0 radical (unpaired) electrons. The van der Waals surface area contributed by atoms with E-state index in [1.165, 1.54) is 29.2 Å². The maximum atomic E-state index is 12.6. The van der Waals surface area contributed by atoms with Crippen LogP contribution in [0.2, 0.25) is 0 Å². The molecule has 2 amide bonds. The summed E-state index contributed by atoms with van der Waals surface area (Å²) in [7, 11) is 0. The van der Waals surface area contributed by atoms with Crippen molar-refractivity contribution in [3.05, 3.63) is 65.7 Å². The van der Waals surface area contributed by atoms with E-state index in [2.05, 4.69) is 10.2 Å². The van der Waals surface area contributed by atoms with Gasteiger partial charge in [-0.05, 0) is 55.0 Å². The molecule has 0 atom stereocenters. The molecule has 1 saturated heterocycles. The van der Waals surface area contributed by atoms with Crippen LogP contribution in [0.5, 0.6) is 0 Å². The summed E-state index contributed by atoms with van der Waals surface area (Å²) in [5, 5.41) is 2.78. The number of nitrogens with zero attached hydrogens (tertiary/aromatic N) is 2. The normalized spacial score (nSPS) is 14.4. The number of nitrogens with one attached hydrogen (secondary N) is 1. The number of benzene rings is 2. The van der Waals surface area contributed by atoms with Crippen molar-refractivity contribution in [3.8, 4) is 0 Å². The maximum Gasteiger partial charge on any atom is 0.416 e. The van der Waals surface area contributed by atoms with Gasteiger partial charge in [-0.15, -0.1) is 0 Å². The number of ether oxygens (including phenoxy) is 1. The Hall–Kier alpha value is -3.33. The summed E-state index contributed by atoms with van der Waals surface area (Å²) >= 11 is 0. The largest absolute Gasteiger partial charge is 0.416 e. The molecular formula is C24H26F3N3O3. The fourth-order valence-corrected chi connectivity index (χ4v) is 3.35. The van der Waals surface area contributed by atoms with Gasteiger partial charge in [-0.25, -0.2) is 0 Å². The number of amides is 2. The van der Waals surface area contributed by atoms with Crippen LogP contribution in [0.1, 0.15) is 18.1 Å². The van der Waals surface area contributed by atoms with Gasteiger partial charge in [0.1, 0.15) is 6.54 Å². The van der Waals surface area contributed by atoms with Crippen LogP contribution >= 0.6 is 0 Å². The van der Waals surface area contributed by atoms with Crippen molar-refractivity contribution in [1.82, 2.24) is 4.90 Å². The fourth-order valence-electron chi connectivity index (χ4n) is 3.35. The summed E-state index contributed by atoms with van der Waals surface area (Å²) in [5.41, 5.74) is 1.38. The number of halogens is 3. The molecule has 33 heavy (non-hydrogen) atoms. The third-order valence-electron chi connectivity index (χ3n) is 5.21. The van der Waals surface area contributed by atoms with Gasteiger partial charge >= 0.3 is 6.18 Å². The van der Waals surface area contributed by atoms with E-state index < -0.39 is 17.6 Å². The van der Waals surface area contributed by atoms with Crippen molar-refractivity contribution in [2.24, 2.45) is 0 Å². The van der Waals surface area contributed by atoms with E-state index >= 15 is 0 Å². The van der Waals surface area contributed by atoms with Crippen LogP contribution in [0.25, 0.3) is 6.08 Å².